The predicted molar refractivity (Wildman–Crippen MR) is 84.9 cm³/mol. The number of hydrogen-bond donors (Lipinski definition) is 0. The minimum atomic E-state index is 0.190. The van der Waals surface area contributed by atoms with Gasteiger partial charge >= 0.3 is 0 Å². The molecule has 0 N–H and O–H groups in total. The minimum absolute atomic E-state index is 0.190. The topological polar surface area (TPSA) is 0 Å². The largest absolute Gasteiger partial charge is 0.0616 e. The molecule has 0 radical (unpaired) electrons. The summed E-state index contributed by atoms with van der Waals surface area (Å²) in [7, 11) is 0. The molecule has 0 bridgehead atoms. The van der Waals surface area contributed by atoms with Crippen LogP contribution in [0.15, 0.2) is 48.5 Å². The lowest BCUT2D eigenvalue weighted by Gasteiger charge is -2.22. The van der Waals surface area contributed by atoms with E-state index in [1.165, 1.54) is 32.7 Å². The maximum Gasteiger partial charge on any atom is -0.0102 e. The Bertz CT molecular complexity index is 758. The van der Waals surface area contributed by atoms with Gasteiger partial charge in [-0.15, -0.1) is 0 Å². The van der Waals surface area contributed by atoms with Crippen LogP contribution in [-0.2, 0) is 5.41 Å². The maximum atomic E-state index is 2.38. The molecule has 96 valence electrons. The van der Waals surface area contributed by atoms with Crippen molar-refractivity contribution in [1.82, 2.24) is 0 Å². The molecule has 0 saturated heterocycles. The summed E-state index contributed by atoms with van der Waals surface area (Å²) in [6, 6.07) is 17.8. The Morgan fingerprint density at radius 1 is 0.737 bits per heavy atom. The number of benzene rings is 3. The van der Waals surface area contributed by atoms with Crippen molar-refractivity contribution in [2.45, 2.75) is 33.1 Å². The van der Waals surface area contributed by atoms with E-state index in [1.807, 2.05) is 0 Å². The van der Waals surface area contributed by atoms with Crippen LogP contribution in [0.2, 0.25) is 0 Å². The van der Waals surface area contributed by atoms with Crippen molar-refractivity contribution in [2.75, 3.05) is 0 Å². The highest BCUT2D eigenvalue weighted by molar-refractivity contribution is 6.07. The number of fused-ring (bicyclic) bond motifs is 3. The lowest BCUT2D eigenvalue weighted by Crippen LogP contribution is -2.12. The lowest BCUT2D eigenvalue weighted by molar-refractivity contribution is 0.587. The molecule has 3 aromatic carbocycles. The molecule has 0 aliphatic heterocycles. The number of aryl methyl sites for hydroxylation is 1. The van der Waals surface area contributed by atoms with Gasteiger partial charge in [-0.1, -0.05) is 63.2 Å². The fourth-order valence-electron chi connectivity index (χ4n) is 2.98. The molecule has 0 nitrogen and oxygen atoms in total. The highest BCUT2D eigenvalue weighted by atomic mass is 14.2. The molecule has 3 aromatic rings. The molecule has 0 saturated carbocycles. The van der Waals surface area contributed by atoms with E-state index in [2.05, 4.69) is 76.2 Å². The van der Waals surface area contributed by atoms with Crippen LogP contribution < -0.4 is 0 Å². The third-order valence-corrected chi connectivity index (χ3v) is 3.90. The van der Waals surface area contributed by atoms with Gasteiger partial charge in [-0.05, 0) is 51.1 Å². The van der Waals surface area contributed by atoms with Crippen LogP contribution in [0.4, 0.5) is 0 Å². The van der Waals surface area contributed by atoms with Crippen LogP contribution >= 0.6 is 0 Å². The van der Waals surface area contributed by atoms with Gasteiger partial charge in [-0.3, -0.25) is 0 Å². The van der Waals surface area contributed by atoms with E-state index in [-0.39, 0.29) is 5.41 Å². The van der Waals surface area contributed by atoms with Gasteiger partial charge in [0, 0.05) is 0 Å². The fourth-order valence-corrected chi connectivity index (χ4v) is 2.98. The Morgan fingerprint density at radius 2 is 1.42 bits per heavy atom. The van der Waals surface area contributed by atoms with E-state index in [9.17, 15) is 0 Å². The van der Waals surface area contributed by atoms with Gasteiger partial charge in [0.05, 0.1) is 0 Å². The van der Waals surface area contributed by atoms with Crippen LogP contribution in [-0.4, -0.2) is 0 Å². The van der Waals surface area contributed by atoms with Gasteiger partial charge in [0.25, 0.3) is 0 Å². The van der Waals surface area contributed by atoms with Crippen LogP contribution in [0.1, 0.15) is 31.9 Å². The summed E-state index contributed by atoms with van der Waals surface area (Å²) >= 11 is 0. The average Bonchev–Trinajstić information content (AvgIpc) is 2.36. The van der Waals surface area contributed by atoms with Gasteiger partial charge in [-0.2, -0.15) is 0 Å². The summed E-state index contributed by atoms with van der Waals surface area (Å²) in [5, 5.41) is 5.38. The van der Waals surface area contributed by atoms with Gasteiger partial charge in [0.15, 0.2) is 0 Å². The van der Waals surface area contributed by atoms with E-state index in [4.69, 9.17) is 0 Å². The summed E-state index contributed by atoms with van der Waals surface area (Å²) in [6.07, 6.45) is 0. The molecule has 0 aliphatic rings. The standard InChI is InChI=1S/C19H20/c1-13-11-15-10-9-14-7-5-6-8-16(14)17(15)12-18(13)19(2,3)4/h5-12H,1-4H3. The van der Waals surface area contributed by atoms with E-state index in [0.29, 0.717) is 0 Å². The second-order valence-corrected chi connectivity index (χ2v) is 6.42. The summed E-state index contributed by atoms with van der Waals surface area (Å²) in [5.74, 6) is 0. The summed E-state index contributed by atoms with van der Waals surface area (Å²) in [6.45, 7) is 9.07. The number of hydrogen-bond acceptors (Lipinski definition) is 0. The first-order chi connectivity index (χ1) is 8.97. The lowest BCUT2D eigenvalue weighted by atomic mass is 9.82. The van der Waals surface area contributed by atoms with Gasteiger partial charge < -0.3 is 0 Å². The van der Waals surface area contributed by atoms with Crippen molar-refractivity contribution in [2.24, 2.45) is 0 Å². The molecule has 0 atom stereocenters. The van der Waals surface area contributed by atoms with E-state index in [1.54, 1.807) is 0 Å². The molecule has 3 rings (SSSR count). The zero-order chi connectivity index (χ0) is 13.6. The second kappa shape index (κ2) is 4.09. The molecule has 0 heteroatoms. The Morgan fingerprint density at radius 3 is 2.16 bits per heavy atom. The molecule has 0 spiro atoms. The van der Waals surface area contributed by atoms with E-state index in [0.717, 1.165) is 0 Å². The normalized spacial score (nSPS) is 12.2. The van der Waals surface area contributed by atoms with Gasteiger partial charge in [0.2, 0.25) is 0 Å². The Balaban J connectivity index is 2.45. The van der Waals surface area contributed by atoms with Gasteiger partial charge in [0.1, 0.15) is 0 Å². The third kappa shape index (κ3) is 2.02. The Hall–Kier alpha value is -1.82. The fraction of sp³-hybridized carbons (Fsp3) is 0.263. The van der Waals surface area contributed by atoms with Crippen LogP contribution in [0.3, 0.4) is 0 Å². The molecule has 0 fully saturated rings. The summed E-state index contributed by atoms with van der Waals surface area (Å²) in [5.41, 5.74) is 3.02. The molecule has 19 heavy (non-hydrogen) atoms. The summed E-state index contributed by atoms with van der Waals surface area (Å²) in [4.78, 5) is 0. The van der Waals surface area contributed by atoms with E-state index >= 15 is 0 Å². The highest BCUT2D eigenvalue weighted by Crippen LogP contribution is 2.33. The molecular formula is C19H20. The molecular weight excluding hydrogens is 228 g/mol. The minimum Gasteiger partial charge on any atom is -0.0616 e. The monoisotopic (exact) mass is 248 g/mol. The number of rotatable bonds is 0. The summed E-state index contributed by atoms with van der Waals surface area (Å²) < 4.78 is 0. The molecule has 0 aromatic heterocycles. The Labute approximate surface area is 115 Å². The van der Waals surface area contributed by atoms with Gasteiger partial charge in [-0.25, -0.2) is 0 Å². The van der Waals surface area contributed by atoms with Crippen LogP contribution in [0, 0.1) is 6.92 Å². The average molecular weight is 248 g/mol. The first kappa shape index (κ1) is 12.2. The predicted octanol–water partition coefficient (Wildman–Crippen LogP) is 5.60. The van der Waals surface area contributed by atoms with Crippen LogP contribution in [0.5, 0.6) is 0 Å². The first-order valence-corrected chi connectivity index (χ1v) is 6.89. The van der Waals surface area contributed by atoms with Crippen molar-refractivity contribution in [3.8, 4) is 0 Å². The second-order valence-electron chi connectivity index (χ2n) is 6.42. The molecule has 0 unspecified atom stereocenters. The Kier molecular flexibility index (Phi) is 2.63. The molecule has 0 aliphatic carbocycles. The maximum absolute atomic E-state index is 2.38. The quantitative estimate of drug-likeness (QED) is 0.454. The zero-order valence-electron chi connectivity index (χ0n) is 12.1. The molecule has 0 amide bonds. The van der Waals surface area contributed by atoms with Crippen molar-refractivity contribution < 1.29 is 0 Å². The zero-order valence-corrected chi connectivity index (χ0v) is 12.1. The first-order valence-electron chi connectivity index (χ1n) is 6.89. The van der Waals surface area contributed by atoms with Crippen molar-refractivity contribution >= 4 is 21.5 Å². The third-order valence-electron chi connectivity index (χ3n) is 3.90. The molecule has 0 heterocycles. The van der Waals surface area contributed by atoms with E-state index < -0.39 is 0 Å². The van der Waals surface area contributed by atoms with Crippen molar-refractivity contribution in [3.63, 3.8) is 0 Å². The smallest absolute Gasteiger partial charge is 0.0102 e. The van der Waals surface area contributed by atoms with Crippen molar-refractivity contribution in [3.05, 3.63) is 59.7 Å². The van der Waals surface area contributed by atoms with Crippen LogP contribution in [0.25, 0.3) is 21.5 Å². The van der Waals surface area contributed by atoms with Crippen molar-refractivity contribution in [1.29, 1.82) is 0 Å². The highest BCUT2D eigenvalue weighted by Gasteiger charge is 2.17. The SMILES string of the molecule is Cc1cc2ccc3ccccc3c2cc1C(C)(C)C.